The van der Waals surface area contributed by atoms with Gasteiger partial charge >= 0.3 is 18.1 Å². The molecule has 220 valence electrons. The summed E-state index contributed by atoms with van der Waals surface area (Å²) in [7, 11) is 0. The summed E-state index contributed by atoms with van der Waals surface area (Å²) < 4.78 is 39.8. The van der Waals surface area contributed by atoms with E-state index in [9.17, 15) is 37.5 Å². The highest BCUT2D eigenvalue weighted by atomic mass is 35.5. The van der Waals surface area contributed by atoms with Crippen molar-refractivity contribution in [2.24, 2.45) is 0 Å². The number of thioether (sulfide) groups is 1. The van der Waals surface area contributed by atoms with Crippen LogP contribution in [0, 0.1) is 0 Å². The average Bonchev–Trinajstić information content (AvgIpc) is 2.96. The van der Waals surface area contributed by atoms with Crippen LogP contribution >= 0.6 is 23.4 Å². The van der Waals surface area contributed by atoms with Crippen molar-refractivity contribution in [3.63, 3.8) is 0 Å². The average molecular weight is 629 g/mol. The van der Waals surface area contributed by atoms with E-state index in [1.54, 1.807) is 42.5 Å². The first-order chi connectivity index (χ1) is 20.3. The molecule has 4 N–H and O–H groups in total. The fourth-order valence-corrected chi connectivity index (χ4v) is 5.18. The van der Waals surface area contributed by atoms with Crippen molar-refractivity contribution in [3.8, 4) is 0 Å². The van der Waals surface area contributed by atoms with Crippen LogP contribution in [0.5, 0.6) is 0 Å². The van der Waals surface area contributed by atoms with E-state index in [0.29, 0.717) is 10.5 Å². The molecule has 4 aromatic rings. The van der Waals surface area contributed by atoms with Crippen LogP contribution in [-0.4, -0.2) is 34.0 Å². The van der Waals surface area contributed by atoms with E-state index in [0.717, 1.165) is 48.2 Å². The number of carbonyl (C=O) groups excluding carboxylic acids is 2. The molecule has 1 atom stereocenters. The second-order valence-corrected chi connectivity index (χ2v) is 10.5. The van der Waals surface area contributed by atoms with E-state index >= 15 is 0 Å². The third-order valence-electron chi connectivity index (χ3n) is 5.98. The first kappa shape index (κ1) is 31.1. The number of anilines is 2. The monoisotopic (exact) mass is 628 g/mol. The molecule has 0 aliphatic rings. The maximum absolute atomic E-state index is 13.4. The summed E-state index contributed by atoms with van der Waals surface area (Å²) in [5.74, 6) is -4.31. The van der Waals surface area contributed by atoms with Crippen molar-refractivity contribution in [2.75, 3.05) is 10.6 Å². The van der Waals surface area contributed by atoms with Crippen LogP contribution in [0.4, 0.5) is 24.5 Å². The summed E-state index contributed by atoms with van der Waals surface area (Å²) >= 11 is 7.13. The molecular weight excluding hydrogens is 609 g/mol. The van der Waals surface area contributed by atoms with Crippen LogP contribution in [0.3, 0.4) is 0 Å². The largest absolute Gasteiger partial charge is 0.478 e. The van der Waals surface area contributed by atoms with Crippen LogP contribution in [0.25, 0.3) is 0 Å². The number of carbonyl (C=O) groups is 4. The molecular formula is C30H20ClF3N2O6S. The van der Waals surface area contributed by atoms with E-state index in [-0.39, 0.29) is 27.5 Å². The molecule has 8 nitrogen and oxygen atoms in total. The van der Waals surface area contributed by atoms with Crippen LogP contribution in [-0.2, 0) is 11.0 Å². The van der Waals surface area contributed by atoms with Crippen LogP contribution in [0.2, 0.25) is 5.02 Å². The second-order valence-electron chi connectivity index (χ2n) is 8.94. The number of hydrogen-bond donors (Lipinski definition) is 4. The highest BCUT2D eigenvalue weighted by Crippen LogP contribution is 2.39. The molecule has 13 heteroatoms. The molecule has 4 rings (SSSR count). The maximum atomic E-state index is 13.4. The van der Waals surface area contributed by atoms with Crippen molar-refractivity contribution in [1.29, 1.82) is 0 Å². The molecule has 0 heterocycles. The molecule has 0 aliphatic heterocycles. The predicted octanol–water partition coefficient (Wildman–Crippen LogP) is 7.48. The molecule has 0 spiro atoms. The molecule has 0 radical (unpaired) electrons. The van der Waals surface area contributed by atoms with Crippen molar-refractivity contribution in [3.05, 3.63) is 124 Å². The van der Waals surface area contributed by atoms with Gasteiger partial charge in [0.1, 0.15) is 5.25 Å². The number of amides is 2. The Balaban J connectivity index is 1.59. The number of nitrogens with one attached hydrogen (secondary N) is 2. The SMILES string of the molecule is O=C(O)c1ccc(C(=O)Nc2cccc(SC(C(=O)Nc3cc(C(F)(F)F)ccc3Cl)c3ccccc3)c2)c(C(=O)O)c1. The molecule has 0 aliphatic carbocycles. The molecule has 0 saturated carbocycles. The highest BCUT2D eigenvalue weighted by Gasteiger charge is 2.32. The van der Waals surface area contributed by atoms with E-state index in [4.69, 9.17) is 16.7 Å². The van der Waals surface area contributed by atoms with Crippen LogP contribution in [0.1, 0.15) is 47.5 Å². The Kier molecular flexibility index (Phi) is 9.42. The molecule has 0 saturated heterocycles. The zero-order valence-electron chi connectivity index (χ0n) is 21.7. The topological polar surface area (TPSA) is 133 Å². The quantitative estimate of drug-likeness (QED) is 0.141. The summed E-state index contributed by atoms with van der Waals surface area (Å²) in [5.41, 5.74) is -1.50. The maximum Gasteiger partial charge on any atom is 0.416 e. The molecule has 1 unspecified atom stereocenters. The Morgan fingerprint density at radius 2 is 1.49 bits per heavy atom. The number of alkyl halides is 3. The third-order valence-corrected chi connectivity index (χ3v) is 7.56. The number of halogens is 4. The Bertz CT molecular complexity index is 1720. The Morgan fingerprint density at radius 3 is 2.14 bits per heavy atom. The first-order valence-corrected chi connectivity index (χ1v) is 13.5. The van der Waals surface area contributed by atoms with Gasteiger partial charge in [-0.05, 0) is 60.2 Å². The minimum Gasteiger partial charge on any atom is -0.478 e. The van der Waals surface area contributed by atoms with Crippen molar-refractivity contribution in [1.82, 2.24) is 0 Å². The number of carboxylic acids is 2. The van der Waals surface area contributed by atoms with E-state index in [1.807, 2.05) is 0 Å². The van der Waals surface area contributed by atoms with Crippen molar-refractivity contribution >= 4 is 58.5 Å². The van der Waals surface area contributed by atoms with Gasteiger partial charge in [-0.3, -0.25) is 9.59 Å². The zero-order valence-corrected chi connectivity index (χ0v) is 23.3. The van der Waals surface area contributed by atoms with Gasteiger partial charge in [0, 0.05) is 10.6 Å². The number of hydrogen-bond acceptors (Lipinski definition) is 5. The van der Waals surface area contributed by atoms with E-state index < -0.39 is 46.3 Å². The van der Waals surface area contributed by atoms with E-state index in [1.165, 1.54) is 12.1 Å². The summed E-state index contributed by atoms with van der Waals surface area (Å²) in [6.07, 6.45) is -4.65. The summed E-state index contributed by atoms with van der Waals surface area (Å²) in [4.78, 5) is 49.7. The number of benzene rings is 4. The predicted molar refractivity (Wildman–Crippen MR) is 155 cm³/mol. The molecule has 4 aromatic carbocycles. The number of carboxylic acid groups (broad SMARTS) is 2. The van der Waals surface area contributed by atoms with Gasteiger partial charge in [-0.2, -0.15) is 13.2 Å². The van der Waals surface area contributed by atoms with Gasteiger partial charge in [0.2, 0.25) is 5.91 Å². The number of rotatable bonds is 9. The lowest BCUT2D eigenvalue weighted by molar-refractivity contribution is -0.137. The molecule has 0 bridgehead atoms. The summed E-state index contributed by atoms with van der Waals surface area (Å²) in [5, 5.41) is 22.6. The van der Waals surface area contributed by atoms with Crippen LogP contribution < -0.4 is 10.6 Å². The van der Waals surface area contributed by atoms with Crippen molar-refractivity contribution in [2.45, 2.75) is 16.3 Å². The number of aromatic carboxylic acids is 2. The second kappa shape index (κ2) is 13.0. The fraction of sp³-hybridized carbons (Fsp3) is 0.0667. The normalized spacial score (nSPS) is 11.8. The smallest absolute Gasteiger partial charge is 0.416 e. The van der Waals surface area contributed by atoms with Gasteiger partial charge in [-0.1, -0.05) is 48.0 Å². The van der Waals surface area contributed by atoms with Crippen molar-refractivity contribution < 1.29 is 42.6 Å². The van der Waals surface area contributed by atoms with Gasteiger partial charge in [0.05, 0.1) is 33.0 Å². The Hall–Kier alpha value is -4.81. The minimum atomic E-state index is -4.65. The lowest BCUT2D eigenvalue weighted by Gasteiger charge is -2.19. The molecule has 0 aromatic heterocycles. The van der Waals surface area contributed by atoms with Gasteiger partial charge in [-0.25, -0.2) is 9.59 Å². The Labute approximate surface area is 251 Å². The zero-order chi connectivity index (χ0) is 31.3. The molecule has 0 fully saturated rings. The molecule has 2 amide bonds. The highest BCUT2D eigenvalue weighted by molar-refractivity contribution is 8.00. The summed E-state index contributed by atoms with van der Waals surface area (Å²) in [6.45, 7) is 0. The third kappa shape index (κ3) is 7.73. The molecule has 43 heavy (non-hydrogen) atoms. The fourth-order valence-electron chi connectivity index (χ4n) is 3.93. The van der Waals surface area contributed by atoms with Gasteiger partial charge < -0.3 is 20.8 Å². The van der Waals surface area contributed by atoms with Gasteiger partial charge in [-0.15, -0.1) is 11.8 Å². The van der Waals surface area contributed by atoms with E-state index in [2.05, 4.69) is 10.6 Å². The van der Waals surface area contributed by atoms with Gasteiger partial charge in [0.15, 0.2) is 0 Å². The minimum absolute atomic E-state index is 0.0833. The van der Waals surface area contributed by atoms with Crippen LogP contribution in [0.15, 0.2) is 95.9 Å². The standard InChI is InChI=1S/C30H20ClF3N2O6S/c31-23-12-10-18(30(32,33)34)14-24(23)36-27(38)25(16-5-2-1-3-6-16)43-20-8-4-7-19(15-20)35-26(37)21-11-9-17(28(39)40)13-22(21)29(41)42/h1-15,25H,(H,35,37)(H,36,38)(H,39,40)(H,41,42). The lowest BCUT2D eigenvalue weighted by Crippen LogP contribution is -2.20. The first-order valence-electron chi connectivity index (χ1n) is 12.2. The summed E-state index contributed by atoms with van der Waals surface area (Å²) in [6, 6.07) is 20.4. The lowest BCUT2D eigenvalue weighted by atomic mass is 10.0. The Morgan fingerprint density at radius 1 is 0.767 bits per heavy atom. The van der Waals surface area contributed by atoms with Gasteiger partial charge in [0.25, 0.3) is 5.91 Å².